The molecule has 3 aromatic heterocycles. The highest BCUT2D eigenvalue weighted by Gasteiger charge is 2.25. The molecule has 1 amide bonds. The van der Waals surface area contributed by atoms with E-state index in [1.165, 1.54) is 4.68 Å². The second-order valence-electron chi connectivity index (χ2n) is 8.30. The van der Waals surface area contributed by atoms with Gasteiger partial charge in [-0.2, -0.15) is 10.2 Å². The number of para-hydroxylation sites is 1. The zero-order chi connectivity index (χ0) is 24.7. The van der Waals surface area contributed by atoms with Crippen molar-refractivity contribution in [2.45, 2.75) is 26.8 Å². The molecule has 0 saturated heterocycles. The van der Waals surface area contributed by atoms with Crippen LogP contribution in [0.3, 0.4) is 0 Å². The molecule has 1 atom stereocenters. The van der Waals surface area contributed by atoms with Gasteiger partial charge in [-0.3, -0.25) is 9.59 Å². The van der Waals surface area contributed by atoms with Crippen molar-refractivity contribution in [3.63, 3.8) is 0 Å². The Labute approximate surface area is 206 Å². The van der Waals surface area contributed by atoms with E-state index in [1.54, 1.807) is 36.7 Å². The highest BCUT2D eigenvalue weighted by Crippen LogP contribution is 2.26. The molecular formula is C26H23ClN6O2. The van der Waals surface area contributed by atoms with Gasteiger partial charge >= 0.3 is 0 Å². The minimum absolute atomic E-state index is 0.373. The summed E-state index contributed by atoms with van der Waals surface area (Å²) in [5.74, 6) is 0.209. The number of hydrogen-bond acceptors (Lipinski definition) is 4. The molecule has 0 spiro atoms. The Kier molecular flexibility index (Phi) is 5.74. The van der Waals surface area contributed by atoms with Crippen LogP contribution < -0.4 is 10.9 Å². The summed E-state index contributed by atoms with van der Waals surface area (Å²) in [7, 11) is 0. The Morgan fingerprint density at radius 1 is 0.971 bits per heavy atom. The molecule has 9 heteroatoms. The minimum Gasteiger partial charge on any atom is -0.324 e. The third-order valence-electron chi connectivity index (χ3n) is 6.01. The van der Waals surface area contributed by atoms with Crippen molar-refractivity contribution < 1.29 is 4.79 Å². The van der Waals surface area contributed by atoms with Crippen LogP contribution in [0.1, 0.15) is 24.2 Å². The molecule has 35 heavy (non-hydrogen) atoms. The summed E-state index contributed by atoms with van der Waals surface area (Å²) in [5.41, 5.74) is 2.77. The smallest absolute Gasteiger partial charge is 0.280 e. The molecule has 0 aliphatic carbocycles. The molecule has 2 aromatic carbocycles. The van der Waals surface area contributed by atoms with E-state index < -0.39 is 11.6 Å². The fourth-order valence-electron chi connectivity index (χ4n) is 4.05. The van der Waals surface area contributed by atoms with Crippen molar-refractivity contribution in [1.82, 2.24) is 24.1 Å². The molecule has 0 aliphatic rings. The van der Waals surface area contributed by atoms with Crippen LogP contribution >= 0.6 is 11.6 Å². The van der Waals surface area contributed by atoms with Crippen LogP contribution in [-0.4, -0.2) is 30.0 Å². The number of anilines is 1. The number of nitrogens with zero attached hydrogens (tertiary/aromatic N) is 5. The van der Waals surface area contributed by atoms with Gasteiger partial charge in [-0.1, -0.05) is 35.9 Å². The standard InChI is InChI=1S/C26H23ClN6O2/c1-16-20(27)12-9-13-21(16)28-24(34)18(3)32-26(35)22-23(17(2)29-32)30-33(19-10-5-4-6-11-19)25(22)31-14-7-8-15-31/h4-15,18H,1-3H3,(H,28,34)/t18-/m1/s1. The van der Waals surface area contributed by atoms with Gasteiger partial charge in [0.25, 0.3) is 5.56 Å². The fraction of sp³-hybridized carbons (Fsp3) is 0.154. The molecule has 0 unspecified atom stereocenters. The predicted molar refractivity (Wildman–Crippen MR) is 137 cm³/mol. The van der Waals surface area contributed by atoms with Crippen LogP contribution in [-0.2, 0) is 4.79 Å². The summed E-state index contributed by atoms with van der Waals surface area (Å²) in [6.45, 7) is 5.25. The number of nitrogens with one attached hydrogen (secondary N) is 1. The lowest BCUT2D eigenvalue weighted by atomic mass is 10.2. The zero-order valence-electron chi connectivity index (χ0n) is 19.4. The maximum absolute atomic E-state index is 13.8. The van der Waals surface area contributed by atoms with Gasteiger partial charge in [0.05, 0.1) is 11.4 Å². The van der Waals surface area contributed by atoms with Crippen LogP contribution in [0.15, 0.2) is 77.9 Å². The predicted octanol–water partition coefficient (Wildman–Crippen LogP) is 4.84. The number of carbonyl (C=O) groups is 1. The summed E-state index contributed by atoms with van der Waals surface area (Å²) in [4.78, 5) is 26.9. The van der Waals surface area contributed by atoms with Gasteiger partial charge in [0.2, 0.25) is 5.91 Å². The van der Waals surface area contributed by atoms with E-state index >= 15 is 0 Å². The molecule has 0 aliphatic heterocycles. The zero-order valence-corrected chi connectivity index (χ0v) is 20.2. The summed E-state index contributed by atoms with van der Waals surface area (Å²) >= 11 is 6.19. The van der Waals surface area contributed by atoms with E-state index in [0.29, 0.717) is 33.1 Å². The summed E-state index contributed by atoms with van der Waals surface area (Å²) in [6, 6.07) is 17.8. The maximum atomic E-state index is 13.8. The number of hydrogen-bond donors (Lipinski definition) is 1. The van der Waals surface area contributed by atoms with Crippen molar-refractivity contribution in [3.8, 4) is 11.5 Å². The number of aromatic nitrogens is 5. The highest BCUT2D eigenvalue weighted by atomic mass is 35.5. The lowest BCUT2D eigenvalue weighted by Crippen LogP contribution is -2.34. The molecular weight excluding hydrogens is 464 g/mol. The topological polar surface area (TPSA) is 86.7 Å². The first kappa shape index (κ1) is 22.6. The average molecular weight is 487 g/mol. The number of fused-ring (bicyclic) bond motifs is 1. The number of rotatable bonds is 5. The third kappa shape index (κ3) is 3.91. The fourth-order valence-corrected chi connectivity index (χ4v) is 4.22. The molecule has 0 fully saturated rings. The lowest BCUT2D eigenvalue weighted by Gasteiger charge is -2.16. The normalized spacial score (nSPS) is 12.1. The first-order chi connectivity index (χ1) is 16.9. The maximum Gasteiger partial charge on any atom is 0.280 e. The van der Waals surface area contributed by atoms with Crippen molar-refractivity contribution in [2.75, 3.05) is 5.32 Å². The molecule has 8 nitrogen and oxygen atoms in total. The van der Waals surface area contributed by atoms with Crippen molar-refractivity contribution in [3.05, 3.63) is 99.7 Å². The van der Waals surface area contributed by atoms with E-state index in [1.807, 2.05) is 66.3 Å². The Balaban J connectivity index is 1.66. The number of halogens is 1. The SMILES string of the molecule is Cc1c(Cl)cccc1NC(=O)[C@@H](C)n1nc(C)c2nn(-c3ccccc3)c(-n3cccc3)c2c1=O. The number of carbonyl (C=O) groups excluding carboxylic acids is 1. The molecule has 1 N–H and O–H groups in total. The molecule has 5 rings (SSSR count). The second-order valence-corrected chi connectivity index (χ2v) is 8.70. The van der Waals surface area contributed by atoms with Crippen molar-refractivity contribution in [2.24, 2.45) is 0 Å². The van der Waals surface area contributed by atoms with Gasteiger partial charge in [-0.25, -0.2) is 9.36 Å². The number of aryl methyl sites for hydroxylation is 1. The van der Waals surface area contributed by atoms with Gasteiger partial charge in [-0.15, -0.1) is 0 Å². The quantitative estimate of drug-likeness (QED) is 0.385. The first-order valence-electron chi connectivity index (χ1n) is 11.1. The molecule has 0 bridgehead atoms. The number of benzene rings is 2. The van der Waals surface area contributed by atoms with E-state index in [-0.39, 0.29) is 5.91 Å². The first-order valence-corrected chi connectivity index (χ1v) is 11.5. The molecule has 176 valence electrons. The minimum atomic E-state index is -0.874. The molecule has 3 heterocycles. The Morgan fingerprint density at radius 3 is 2.40 bits per heavy atom. The average Bonchev–Trinajstić information content (AvgIpc) is 3.52. The van der Waals surface area contributed by atoms with Crippen LogP contribution in [0, 0.1) is 13.8 Å². The number of amides is 1. The van der Waals surface area contributed by atoms with Crippen LogP contribution in [0.25, 0.3) is 22.4 Å². The molecule has 0 radical (unpaired) electrons. The van der Waals surface area contributed by atoms with Gasteiger partial charge in [0.1, 0.15) is 16.9 Å². The van der Waals surface area contributed by atoms with E-state index in [9.17, 15) is 9.59 Å². The molecule has 5 aromatic rings. The Morgan fingerprint density at radius 2 is 1.69 bits per heavy atom. The highest BCUT2D eigenvalue weighted by molar-refractivity contribution is 6.31. The summed E-state index contributed by atoms with van der Waals surface area (Å²) in [5, 5.41) is 13.0. The second kappa shape index (κ2) is 8.88. The van der Waals surface area contributed by atoms with Gasteiger partial charge in [0.15, 0.2) is 5.82 Å². The van der Waals surface area contributed by atoms with Gasteiger partial charge in [-0.05, 0) is 62.7 Å². The van der Waals surface area contributed by atoms with E-state index in [4.69, 9.17) is 16.7 Å². The molecule has 0 saturated carbocycles. The largest absolute Gasteiger partial charge is 0.324 e. The van der Waals surface area contributed by atoms with E-state index in [2.05, 4.69) is 10.4 Å². The third-order valence-corrected chi connectivity index (χ3v) is 6.41. The van der Waals surface area contributed by atoms with Gasteiger partial charge in [0, 0.05) is 23.1 Å². The Hall–Kier alpha value is -4.17. The van der Waals surface area contributed by atoms with Crippen molar-refractivity contribution in [1.29, 1.82) is 0 Å². The van der Waals surface area contributed by atoms with E-state index in [0.717, 1.165) is 11.3 Å². The summed E-state index contributed by atoms with van der Waals surface area (Å²) in [6.07, 6.45) is 3.71. The summed E-state index contributed by atoms with van der Waals surface area (Å²) < 4.78 is 4.79. The van der Waals surface area contributed by atoms with Crippen LogP contribution in [0.4, 0.5) is 5.69 Å². The van der Waals surface area contributed by atoms with Crippen molar-refractivity contribution >= 4 is 34.1 Å². The Bertz CT molecular complexity index is 1600. The monoisotopic (exact) mass is 486 g/mol. The lowest BCUT2D eigenvalue weighted by molar-refractivity contribution is -0.119. The van der Waals surface area contributed by atoms with Gasteiger partial charge < -0.3 is 9.88 Å². The van der Waals surface area contributed by atoms with Crippen LogP contribution in [0.2, 0.25) is 5.02 Å². The van der Waals surface area contributed by atoms with Crippen LogP contribution in [0.5, 0.6) is 0 Å².